The van der Waals surface area contributed by atoms with Crippen LogP contribution in [0.15, 0.2) is 34.8 Å². The van der Waals surface area contributed by atoms with Crippen molar-refractivity contribution in [2.45, 2.75) is 77.4 Å². The number of nitrogens with one attached hydrogen (secondary N) is 1. The summed E-state index contributed by atoms with van der Waals surface area (Å²) in [4.78, 5) is 49.4. The smallest absolute Gasteiger partial charge is 0.410 e. The fourth-order valence-corrected chi connectivity index (χ4v) is 8.75. The topological polar surface area (TPSA) is 168 Å². The Morgan fingerprint density at radius 1 is 1.11 bits per heavy atom. The van der Waals surface area contributed by atoms with E-state index in [-0.39, 0.29) is 36.9 Å². The number of allylic oxidation sites excluding steroid dienone is 3. The van der Waals surface area contributed by atoms with Gasteiger partial charge in [-0.3, -0.25) is 9.59 Å². The minimum Gasteiger partial charge on any atom is -0.481 e. The van der Waals surface area contributed by atoms with Crippen molar-refractivity contribution >= 4 is 54.8 Å². The second-order valence-corrected chi connectivity index (χ2v) is 15.8. The van der Waals surface area contributed by atoms with Crippen LogP contribution < -0.4 is 10.1 Å². The lowest BCUT2D eigenvalue weighted by Crippen LogP contribution is -2.59. The molecule has 250 valence electrons. The molecule has 46 heavy (non-hydrogen) atoms. The van der Waals surface area contributed by atoms with Crippen molar-refractivity contribution in [1.29, 1.82) is 0 Å². The predicted octanol–water partition coefficient (Wildman–Crippen LogP) is 4.77. The van der Waals surface area contributed by atoms with E-state index in [2.05, 4.69) is 15.3 Å². The van der Waals surface area contributed by atoms with Gasteiger partial charge in [-0.05, 0) is 58.1 Å². The van der Waals surface area contributed by atoms with E-state index in [1.165, 1.54) is 29.4 Å². The maximum absolute atomic E-state index is 13.8. The Hall–Kier alpha value is -3.56. The molecule has 5 rings (SSSR count). The van der Waals surface area contributed by atoms with Gasteiger partial charge in [-0.25, -0.2) is 23.2 Å². The van der Waals surface area contributed by atoms with Crippen molar-refractivity contribution < 1.29 is 37.4 Å². The Kier molecular flexibility index (Phi) is 10.0. The van der Waals surface area contributed by atoms with E-state index in [0.29, 0.717) is 40.1 Å². The van der Waals surface area contributed by atoms with Crippen molar-refractivity contribution in [3.05, 3.63) is 34.8 Å². The van der Waals surface area contributed by atoms with Crippen LogP contribution in [-0.4, -0.2) is 89.1 Å². The Balaban J connectivity index is 1.34. The van der Waals surface area contributed by atoms with Gasteiger partial charge in [-0.1, -0.05) is 48.7 Å². The van der Waals surface area contributed by atoms with Crippen LogP contribution in [0.4, 0.5) is 9.93 Å². The number of hydrogen-bond donors (Lipinski definition) is 2. The highest BCUT2D eigenvalue weighted by Crippen LogP contribution is 2.38. The molecular formula is C31H41N5O8S2. The second kappa shape index (κ2) is 13.7. The maximum atomic E-state index is 13.8. The molecule has 0 radical (unpaired) electrons. The molecule has 2 fully saturated rings. The quantitative estimate of drug-likeness (QED) is 0.378. The van der Waals surface area contributed by atoms with Crippen molar-refractivity contribution in [3.8, 4) is 5.88 Å². The van der Waals surface area contributed by atoms with E-state index < -0.39 is 39.6 Å². The highest BCUT2D eigenvalue weighted by atomic mass is 32.2. The summed E-state index contributed by atoms with van der Waals surface area (Å²) in [5.74, 6) is -1.17. The third kappa shape index (κ3) is 7.69. The van der Waals surface area contributed by atoms with Crippen LogP contribution in [0.2, 0.25) is 0 Å². The Bertz CT molecular complexity index is 1660. The molecule has 15 heteroatoms. The van der Waals surface area contributed by atoms with Gasteiger partial charge in [0.2, 0.25) is 21.8 Å². The van der Waals surface area contributed by atoms with Gasteiger partial charge in [0.25, 0.3) is 0 Å². The number of carboxylic acids is 1. The number of amides is 2. The van der Waals surface area contributed by atoms with Gasteiger partial charge < -0.3 is 24.8 Å². The first-order chi connectivity index (χ1) is 21.7. The number of methoxy groups -OCH3 is 1. The molecule has 1 aliphatic heterocycles. The van der Waals surface area contributed by atoms with E-state index in [1.807, 2.05) is 0 Å². The fourth-order valence-electron chi connectivity index (χ4n) is 6.20. The average Bonchev–Trinajstić information content (AvgIpc) is 3.67. The molecule has 0 aromatic carbocycles. The number of sulfonamides is 1. The minimum atomic E-state index is -4.16. The number of hydrogen-bond acceptors (Lipinski definition) is 10. The molecule has 2 aromatic heterocycles. The van der Waals surface area contributed by atoms with Gasteiger partial charge in [0.15, 0.2) is 5.13 Å². The zero-order chi connectivity index (χ0) is 33.2. The molecule has 13 nitrogen and oxygen atoms in total. The van der Waals surface area contributed by atoms with Crippen molar-refractivity contribution in [2.75, 3.05) is 32.1 Å². The molecule has 2 unspecified atom stereocenters. The van der Waals surface area contributed by atoms with Crippen LogP contribution in [0, 0.1) is 11.8 Å². The first kappa shape index (κ1) is 33.8. The number of piperazine rings is 1. The first-order valence-electron chi connectivity index (χ1n) is 15.5. The molecule has 3 heterocycles. The number of fused-ring (bicyclic) bond motifs is 1. The van der Waals surface area contributed by atoms with Gasteiger partial charge in [0.1, 0.15) is 22.0 Å². The lowest BCUT2D eigenvalue weighted by molar-refractivity contribution is -0.143. The van der Waals surface area contributed by atoms with E-state index in [9.17, 15) is 27.9 Å². The normalized spacial score (nSPS) is 20.6. The molecule has 3 aliphatic rings. The monoisotopic (exact) mass is 675 g/mol. The SMILES string of the molecule is COc1ccc2nc(NC(=O)C(CC3CCCC3)C3=CC=C(S(=O)(=O)N4CCN(C(=O)OC(C)(C)C)CC4C(=O)O)CC3)sc2n1. The standard InChI is InChI=1S/C31H41N5O8S2/c1-31(2,3)44-30(40)35-15-16-36(24(18-35)28(38)39)46(41,42)21-11-9-20(10-12-21)22(17-19-7-5-6-8-19)26(37)34-29-32-23-13-14-25(43-4)33-27(23)45-29/h9,11,13-14,19,22,24H,5-8,10,12,15-18H2,1-4H3,(H,38,39)(H,32,34,37). The number of aromatic nitrogens is 2. The summed E-state index contributed by atoms with van der Waals surface area (Å²) in [7, 11) is -2.63. The number of anilines is 1. The van der Waals surface area contributed by atoms with Crippen molar-refractivity contribution in [2.24, 2.45) is 11.8 Å². The minimum absolute atomic E-state index is 0.00396. The van der Waals surface area contributed by atoms with Crippen LogP contribution in [0.1, 0.15) is 65.7 Å². The van der Waals surface area contributed by atoms with Crippen LogP contribution in [0.5, 0.6) is 5.88 Å². The van der Waals surface area contributed by atoms with Crippen LogP contribution in [0.3, 0.4) is 0 Å². The summed E-state index contributed by atoms with van der Waals surface area (Å²) in [6.07, 6.45) is 7.97. The van der Waals surface area contributed by atoms with Crippen LogP contribution in [-0.2, 0) is 24.3 Å². The van der Waals surface area contributed by atoms with Gasteiger partial charge in [-0.15, -0.1) is 0 Å². The molecule has 2 N–H and O–H groups in total. The fraction of sp³-hybridized carbons (Fsp3) is 0.581. The Morgan fingerprint density at radius 2 is 1.85 bits per heavy atom. The molecule has 1 saturated carbocycles. The summed E-state index contributed by atoms with van der Waals surface area (Å²) in [5.41, 5.74) is 0.700. The maximum Gasteiger partial charge on any atom is 0.410 e. The first-order valence-corrected chi connectivity index (χ1v) is 17.8. The lowest BCUT2D eigenvalue weighted by atomic mass is 9.83. The highest BCUT2D eigenvalue weighted by molar-refractivity contribution is 7.93. The number of carbonyl (C=O) groups is 3. The molecule has 2 atom stereocenters. The third-order valence-corrected chi connectivity index (χ3v) is 11.5. The Morgan fingerprint density at radius 3 is 2.48 bits per heavy atom. The zero-order valence-electron chi connectivity index (χ0n) is 26.5. The number of carbonyl (C=O) groups excluding carboxylic acids is 2. The van der Waals surface area contributed by atoms with Crippen LogP contribution >= 0.6 is 11.3 Å². The number of aliphatic carboxylic acids is 1. The lowest BCUT2D eigenvalue weighted by Gasteiger charge is -2.39. The Labute approximate surface area is 272 Å². The summed E-state index contributed by atoms with van der Waals surface area (Å²) < 4.78 is 39.0. The van der Waals surface area contributed by atoms with E-state index >= 15 is 0 Å². The van der Waals surface area contributed by atoms with E-state index in [1.54, 1.807) is 39.0 Å². The molecule has 1 saturated heterocycles. The van der Waals surface area contributed by atoms with Gasteiger partial charge in [0, 0.05) is 19.2 Å². The van der Waals surface area contributed by atoms with Gasteiger partial charge in [0.05, 0.1) is 24.5 Å². The number of rotatable bonds is 9. The average molecular weight is 676 g/mol. The largest absolute Gasteiger partial charge is 0.481 e. The molecule has 2 aromatic rings. The summed E-state index contributed by atoms with van der Waals surface area (Å²) >= 11 is 1.26. The van der Waals surface area contributed by atoms with Gasteiger partial charge >= 0.3 is 12.1 Å². The predicted molar refractivity (Wildman–Crippen MR) is 173 cm³/mol. The molecular weight excluding hydrogens is 635 g/mol. The molecule has 0 spiro atoms. The third-order valence-electron chi connectivity index (χ3n) is 8.53. The van der Waals surface area contributed by atoms with Gasteiger partial charge in [-0.2, -0.15) is 4.31 Å². The number of carboxylic acid groups (broad SMARTS) is 1. The zero-order valence-corrected chi connectivity index (χ0v) is 28.2. The van der Waals surface area contributed by atoms with E-state index in [4.69, 9.17) is 9.47 Å². The molecule has 2 amide bonds. The van der Waals surface area contributed by atoms with Crippen molar-refractivity contribution in [1.82, 2.24) is 19.2 Å². The number of nitrogens with zero attached hydrogens (tertiary/aromatic N) is 4. The summed E-state index contributed by atoms with van der Waals surface area (Å²) in [6, 6.07) is 2.04. The molecule has 0 bridgehead atoms. The highest BCUT2D eigenvalue weighted by Gasteiger charge is 2.43. The number of thiazole rings is 1. The van der Waals surface area contributed by atoms with Crippen molar-refractivity contribution in [3.63, 3.8) is 0 Å². The molecule has 2 aliphatic carbocycles. The van der Waals surface area contributed by atoms with E-state index in [0.717, 1.165) is 35.6 Å². The number of ether oxygens (including phenoxy) is 2. The van der Waals surface area contributed by atoms with Crippen LogP contribution in [0.25, 0.3) is 10.3 Å². The summed E-state index contributed by atoms with van der Waals surface area (Å²) in [6.45, 7) is 4.61. The summed E-state index contributed by atoms with van der Waals surface area (Å²) in [5, 5.41) is 13.3. The number of pyridine rings is 1. The second-order valence-electron chi connectivity index (χ2n) is 12.9.